The third kappa shape index (κ3) is 4.86. The normalized spacial score (nSPS) is 29.4. The van der Waals surface area contributed by atoms with E-state index in [0.717, 1.165) is 49.1 Å². The van der Waals surface area contributed by atoms with Crippen LogP contribution in [0, 0.1) is 17.8 Å². The van der Waals surface area contributed by atoms with E-state index in [4.69, 9.17) is 14.4 Å². The highest BCUT2D eigenvalue weighted by atomic mass is 16.3. The number of nitrogens with one attached hydrogen (secondary N) is 1. The number of amidine groups is 2. The summed E-state index contributed by atoms with van der Waals surface area (Å²) >= 11 is 0. The molecule has 5 atom stereocenters. The van der Waals surface area contributed by atoms with Crippen molar-refractivity contribution in [2.24, 2.45) is 27.7 Å². The molecule has 7 aliphatic rings. The van der Waals surface area contributed by atoms with Gasteiger partial charge in [-0.1, -0.05) is 84.5 Å². The van der Waals surface area contributed by atoms with Crippen molar-refractivity contribution in [3.63, 3.8) is 0 Å². The number of allylic oxidation sites excluding steroid dienone is 11. The van der Waals surface area contributed by atoms with Crippen molar-refractivity contribution in [2.45, 2.75) is 82.7 Å². The zero-order chi connectivity index (χ0) is 31.6. The van der Waals surface area contributed by atoms with E-state index in [1.807, 2.05) is 0 Å². The summed E-state index contributed by atoms with van der Waals surface area (Å²) in [7, 11) is 0. The monoisotopic (exact) mass is 629 g/mol. The van der Waals surface area contributed by atoms with E-state index in [1.54, 1.807) is 11.1 Å². The van der Waals surface area contributed by atoms with Crippen LogP contribution < -0.4 is 5.32 Å². The fraction of sp³-hybridized carbons (Fsp3) is 0.364. The zero-order valence-corrected chi connectivity index (χ0v) is 27.6. The molecule has 0 fully saturated rings. The van der Waals surface area contributed by atoms with Gasteiger partial charge in [-0.25, -0.2) is 9.98 Å². The first-order valence-electron chi connectivity index (χ1n) is 18.5. The SMILES string of the molecule is C1=CC2=C(CC1)CC(C1=NC(C3=CCCCC3)N=C(C3=CC(C4=CC5c6c(ccc7oc8ccccc8c67)C=CC5C=C4)CC3)N1)CC2. The lowest BCUT2D eigenvalue weighted by Crippen LogP contribution is -2.42. The van der Waals surface area contributed by atoms with Gasteiger partial charge in [0.15, 0.2) is 6.17 Å². The van der Waals surface area contributed by atoms with Crippen LogP contribution in [0.25, 0.3) is 28.0 Å². The van der Waals surface area contributed by atoms with Gasteiger partial charge in [-0.15, -0.1) is 0 Å². The van der Waals surface area contributed by atoms with Gasteiger partial charge >= 0.3 is 0 Å². The molecule has 0 spiro atoms. The molecule has 1 aromatic heterocycles. The van der Waals surface area contributed by atoms with Gasteiger partial charge in [-0.3, -0.25) is 0 Å². The number of furan rings is 1. The van der Waals surface area contributed by atoms with Crippen molar-refractivity contribution in [2.75, 3.05) is 0 Å². The fourth-order valence-corrected chi connectivity index (χ4v) is 9.50. The Balaban J connectivity index is 0.969. The summed E-state index contributed by atoms with van der Waals surface area (Å²) < 4.78 is 6.33. The second-order valence-electron chi connectivity index (χ2n) is 14.9. The number of hydrogen-bond donors (Lipinski definition) is 1. The van der Waals surface area contributed by atoms with Gasteiger partial charge in [0.1, 0.15) is 22.8 Å². The van der Waals surface area contributed by atoms with Crippen LogP contribution in [-0.2, 0) is 0 Å². The highest BCUT2D eigenvalue weighted by molar-refractivity contribution is 6.11. The predicted octanol–water partition coefficient (Wildman–Crippen LogP) is 10.8. The number of benzene rings is 2. The van der Waals surface area contributed by atoms with Crippen LogP contribution in [0.1, 0.15) is 87.7 Å². The molecular formula is C44H43N3O. The summed E-state index contributed by atoms with van der Waals surface area (Å²) in [6.07, 6.45) is 34.6. The number of hydrogen-bond acceptors (Lipinski definition) is 4. The molecule has 0 saturated carbocycles. The van der Waals surface area contributed by atoms with Gasteiger partial charge in [0.2, 0.25) is 0 Å². The van der Waals surface area contributed by atoms with Crippen molar-refractivity contribution in [1.29, 1.82) is 0 Å². The second-order valence-corrected chi connectivity index (χ2v) is 14.9. The summed E-state index contributed by atoms with van der Waals surface area (Å²) in [4.78, 5) is 10.7. The molecule has 3 aromatic rings. The average Bonchev–Trinajstić information content (AvgIpc) is 3.80. The van der Waals surface area contributed by atoms with E-state index < -0.39 is 0 Å². The molecule has 5 unspecified atom stereocenters. The van der Waals surface area contributed by atoms with E-state index in [0.29, 0.717) is 23.7 Å². The largest absolute Gasteiger partial charge is 0.456 e. The molecule has 1 N–H and O–H groups in total. The Hall–Kier alpha value is -4.44. The van der Waals surface area contributed by atoms with Crippen molar-refractivity contribution >= 4 is 39.7 Å². The molecule has 0 bridgehead atoms. The summed E-state index contributed by atoms with van der Waals surface area (Å²) in [5.41, 5.74) is 12.2. The van der Waals surface area contributed by atoms with E-state index >= 15 is 0 Å². The van der Waals surface area contributed by atoms with E-state index in [9.17, 15) is 0 Å². The second kappa shape index (κ2) is 11.6. The highest BCUT2D eigenvalue weighted by Gasteiger charge is 2.34. The summed E-state index contributed by atoms with van der Waals surface area (Å²) in [5.74, 6) is 3.79. The molecule has 0 amide bonds. The third-order valence-electron chi connectivity index (χ3n) is 12.1. The molecule has 4 heteroatoms. The Labute approximate surface area is 283 Å². The summed E-state index contributed by atoms with van der Waals surface area (Å²) in [6.45, 7) is 0. The first-order chi connectivity index (χ1) is 23.7. The molecule has 0 radical (unpaired) electrons. The minimum absolute atomic E-state index is 0.0644. The highest BCUT2D eigenvalue weighted by Crippen LogP contribution is 2.47. The van der Waals surface area contributed by atoms with Gasteiger partial charge < -0.3 is 9.73 Å². The molecule has 240 valence electrons. The lowest BCUT2D eigenvalue weighted by Gasteiger charge is -2.33. The summed E-state index contributed by atoms with van der Waals surface area (Å²) in [6, 6.07) is 12.9. The summed E-state index contributed by atoms with van der Waals surface area (Å²) in [5, 5.41) is 6.35. The molecule has 2 aromatic carbocycles. The number of nitrogens with zero attached hydrogens (tertiary/aromatic N) is 2. The van der Waals surface area contributed by atoms with Crippen LogP contribution in [0.5, 0.6) is 0 Å². The molecular weight excluding hydrogens is 587 g/mol. The van der Waals surface area contributed by atoms with Crippen LogP contribution >= 0.6 is 0 Å². The van der Waals surface area contributed by atoms with Gasteiger partial charge in [0, 0.05) is 34.4 Å². The van der Waals surface area contributed by atoms with Crippen molar-refractivity contribution in [3.8, 4) is 0 Å². The van der Waals surface area contributed by atoms with Crippen molar-refractivity contribution < 1.29 is 4.42 Å². The Morgan fingerprint density at radius 2 is 1.77 bits per heavy atom. The van der Waals surface area contributed by atoms with Crippen molar-refractivity contribution in [1.82, 2.24) is 5.32 Å². The smallest absolute Gasteiger partial charge is 0.165 e. The van der Waals surface area contributed by atoms with Crippen LogP contribution in [0.3, 0.4) is 0 Å². The quantitative estimate of drug-likeness (QED) is 0.292. The van der Waals surface area contributed by atoms with Crippen molar-refractivity contribution in [3.05, 3.63) is 124 Å². The topological polar surface area (TPSA) is 49.9 Å². The number of aliphatic imine (C=N–C) groups is 2. The lowest BCUT2D eigenvalue weighted by molar-refractivity contribution is 0.545. The standard InChI is InChI=1S/C44H43N3O/c1-2-9-30(10-3-1)42-45-43(34-20-14-27-8-4-5-11-31(27)24-34)47-44(46-42)35-21-19-32(25-35)33-18-16-28-15-17-29-22-23-39-41(40(29)37(28)26-33)36-12-6-7-13-38(36)48-39/h4,6-9,12-13,15-18,22-23,25-26,28,32,34,37,42H,1-3,5,10-11,14,19-21,24H2,(H,45,46,47). The lowest BCUT2D eigenvalue weighted by atomic mass is 9.73. The van der Waals surface area contributed by atoms with Gasteiger partial charge in [0.25, 0.3) is 0 Å². The van der Waals surface area contributed by atoms with Gasteiger partial charge in [-0.05, 0) is 116 Å². The molecule has 4 nitrogen and oxygen atoms in total. The van der Waals surface area contributed by atoms with E-state index in [-0.39, 0.29) is 6.17 Å². The Bertz CT molecular complexity index is 2120. The Morgan fingerprint density at radius 1 is 0.812 bits per heavy atom. The fourth-order valence-electron chi connectivity index (χ4n) is 9.50. The van der Waals surface area contributed by atoms with Crippen LogP contribution in [-0.4, -0.2) is 17.8 Å². The molecule has 0 saturated heterocycles. The maximum absolute atomic E-state index is 6.33. The minimum Gasteiger partial charge on any atom is -0.456 e. The van der Waals surface area contributed by atoms with Gasteiger partial charge in [0.05, 0.1) is 0 Å². The number of para-hydroxylation sites is 1. The maximum Gasteiger partial charge on any atom is 0.165 e. The molecule has 6 aliphatic carbocycles. The van der Waals surface area contributed by atoms with Crippen LogP contribution in [0.15, 0.2) is 127 Å². The Morgan fingerprint density at radius 3 is 2.73 bits per heavy atom. The van der Waals surface area contributed by atoms with Crippen LogP contribution in [0.4, 0.5) is 0 Å². The molecule has 10 rings (SSSR count). The number of fused-ring (bicyclic) bond motifs is 7. The number of rotatable bonds is 4. The minimum atomic E-state index is -0.0644. The maximum atomic E-state index is 6.33. The third-order valence-corrected chi connectivity index (χ3v) is 12.1. The molecule has 1 aliphatic heterocycles. The molecule has 2 heterocycles. The van der Waals surface area contributed by atoms with Gasteiger partial charge in [-0.2, -0.15) is 0 Å². The molecule has 48 heavy (non-hydrogen) atoms. The van der Waals surface area contributed by atoms with E-state index in [2.05, 4.69) is 96.4 Å². The van der Waals surface area contributed by atoms with E-state index in [1.165, 1.54) is 83.0 Å². The van der Waals surface area contributed by atoms with Crippen LogP contribution in [0.2, 0.25) is 0 Å². The Kier molecular flexibility index (Phi) is 6.91. The first kappa shape index (κ1) is 28.6. The zero-order valence-electron chi connectivity index (χ0n) is 27.6. The predicted molar refractivity (Wildman–Crippen MR) is 198 cm³/mol. The first-order valence-corrected chi connectivity index (χ1v) is 18.5. The average molecular weight is 630 g/mol.